The fourth-order valence-electron chi connectivity index (χ4n) is 2.29. The van der Waals surface area contributed by atoms with E-state index >= 15 is 0 Å². The fourth-order valence-corrected chi connectivity index (χ4v) is 2.29. The van der Waals surface area contributed by atoms with Gasteiger partial charge < -0.3 is 9.47 Å². The minimum atomic E-state index is -0.738. The van der Waals surface area contributed by atoms with Crippen molar-refractivity contribution in [1.29, 1.82) is 0 Å². The summed E-state index contributed by atoms with van der Waals surface area (Å²) in [5.41, 5.74) is 1.14. The number of amides is 1. The van der Waals surface area contributed by atoms with Gasteiger partial charge in [-0.2, -0.15) is 0 Å². The number of rotatable bonds is 1. The Morgan fingerprint density at radius 3 is 2.50 bits per heavy atom. The molecule has 0 spiro atoms. The van der Waals surface area contributed by atoms with Crippen molar-refractivity contribution in [3.8, 4) is 0 Å². The van der Waals surface area contributed by atoms with Crippen LogP contribution in [0.1, 0.15) is 37.9 Å². The molecule has 5 nitrogen and oxygen atoms in total. The van der Waals surface area contributed by atoms with Crippen LogP contribution in [0.4, 0.5) is 4.79 Å². The first-order chi connectivity index (χ1) is 9.33. The number of esters is 1. The second-order valence-corrected chi connectivity index (χ2v) is 5.73. The van der Waals surface area contributed by atoms with Gasteiger partial charge in [0.05, 0.1) is 13.7 Å². The summed E-state index contributed by atoms with van der Waals surface area (Å²) in [6.07, 6.45) is -0.531. The number of hydrogen-bond acceptors (Lipinski definition) is 4. The van der Waals surface area contributed by atoms with E-state index in [0.29, 0.717) is 6.54 Å². The van der Waals surface area contributed by atoms with Crippen LogP contribution in [0.5, 0.6) is 0 Å². The highest BCUT2D eigenvalue weighted by molar-refractivity contribution is 5.85. The van der Waals surface area contributed by atoms with Crippen LogP contribution in [0.3, 0.4) is 0 Å². The van der Waals surface area contributed by atoms with Crippen LogP contribution in [-0.4, -0.2) is 29.7 Å². The summed E-state index contributed by atoms with van der Waals surface area (Å²) in [5.74, 6) is -0.437. The topological polar surface area (TPSA) is 55.8 Å². The minimum absolute atomic E-state index is 0.354. The van der Waals surface area contributed by atoms with Crippen LogP contribution in [0.2, 0.25) is 0 Å². The molecule has 108 valence electrons. The van der Waals surface area contributed by atoms with Crippen LogP contribution in [-0.2, 0) is 20.8 Å². The van der Waals surface area contributed by atoms with E-state index in [9.17, 15) is 9.59 Å². The largest absolute Gasteiger partial charge is 0.458 e. The number of carbonyl (C=O) groups excluding carboxylic acids is 2. The van der Waals surface area contributed by atoms with Crippen LogP contribution < -0.4 is 0 Å². The molecule has 0 aromatic heterocycles. The van der Waals surface area contributed by atoms with Crippen molar-refractivity contribution in [2.45, 2.75) is 39.0 Å². The first-order valence-electron chi connectivity index (χ1n) is 6.49. The van der Waals surface area contributed by atoms with Crippen molar-refractivity contribution in [2.75, 3.05) is 7.11 Å². The molecule has 0 saturated carbocycles. The van der Waals surface area contributed by atoms with Crippen molar-refractivity contribution >= 4 is 12.1 Å². The van der Waals surface area contributed by atoms with Gasteiger partial charge in [-0.1, -0.05) is 24.3 Å². The molecule has 1 amide bonds. The van der Waals surface area contributed by atoms with Crippen LogP contribution >= 0.6 is 0 Å². The molecule has 0 saturated heterocycles. The standard InChI is InChI=1S/C15H19NO4/c1-15(2,3)20-13(17)12-11-8-6-5-7-10(11)9-16(12)14(18)19-4/h5-8,12H,9H2,1-4H3/t12-/m1/s1. The van der Waals surface area contributed by atoms with Gasteiger partial charge in [-0.05, 0) is 31.9 Å². The smallest absolute Gasteiger partial charge is 0.410 e. The predicted molar refractivity (Wildman–Crippen MR) is 73.0 cm³/mol. The van der Waals surface area contributed by atoms with Crippen molar-refractivity contribution in [3.05, 3.63) is 35.4 Å². The van der Waals surface area contributed by atoms with Crippen LogP contribution in [0, 0.1) is 0 Å². The van der Waals surface area contributed by atoms with Gasteiger partial charge in [0.15, 0.2) is 6.04 Å². The van der Waals surface area contributed by atoms with Gasteiger partial charge in [0.2, 0.25) is 0 Å². The molecule has 0 bridgehead atoms. The second kappa shape index (κ2) is 5.15. The molecule has 0 radical (unpaired) electrons. The maximum atomic E-state index is 12.4. The average Bonchev–Trinajstić information content (AvgIpc) is 2.75. The molecule has 0 N–H and O–H groups in total. The molecule has 0 fully saturated rings. The summed E-state index contributed by atoms with van der Waals surface area (Å²) >= 11 is 0. The van der Waals surface area contributed by atoms with Crippen molar-refractivity contribution in [1.82, 2.24) is 4.90 Å². The highest BCUT2D eigenvalue weighted by Gasteiger charge is 2.41. The summed E-state index contributed by atoms with van der Waals surface area (Å²) in [7, 11) is 1.30. The molecule has 20 heavy (non-hydrogen) atoms. The molecular weight excluding hydrogens is 258 g/mol. The van der Waals surface area contributed by atoms with Gasteiger partial charge >= 0.3 is 12.1 Å². The second-order valence-electron chi connectivity index (χ2n) is 5.73. The number of fused-ring (bicyclic) bond motifs is 1. The Morgan fingerprint density at radius 1 is 1.25 bits per heavy atom. The Hall–Kier alpha value is -2.04. The van der Waals surface area contributed by atoms with Gasteiger partial charge in [-0.3, -0.25) is 4.90 Å². The van der Waals surface area contributed by atoms with E-state index in [1.54, 1.807) is 20.8 Å². The summed E-state index contributed by atoms with van der Waals surface area (Å²) < 4.78 is 10.2. The zero-order chi connectivity index (χ0) is 14.9. The Morgan fingerprint density at radius 2 is 1.90 bits per heavy atom. The highest BCUT2D eigenvalue weighted by Crippen LogP contribution is 2.35. The zero-order valence-corrected chi connectivity index (χ0v) is 12.2. The zero-order valence-electron chi connectivity index (χ0n) is 12.2. The third-order valence-corrected chi connectivity index (χ3v) is 3.04. The molecule has 1 aliphatic heterocycles. The Balaban J connectivity index is 2.34. The number of methoxy groups -OCH3 is 1. The first kappa shape index (κ1) is 14.4. The molecule has 1 aliphatic rings. The molecule has 1 aromatic carbocycles. The lowest BCUT2D eigenvalue weighted by atomic mass is 10.0. The third kappa shape index (κ3) is 2.76. The Bertz CT molecular complexity index is 533. The minimum Gasteiger partial charge on any atom is -0.458 e. The van der Waals surface area contributed by atoms with Gasteiger partial charge in [0.1, 0.15) is 5.60 Å². The van der Waals surface area contributed by atoms with Gasteiger partial charge in [0, 0.05) is 0 Å². The van der Waals surface area contributed by atoms with Gasteiger partial charge in [0.25, 0.3) is 0 Å². The van der Waals surface area contributed by atoms with Crippen molar-refractivity contribution < 1.29 is 19.1 Å². The maximum Gasteiger partial charge on any atom is 0.410 e. The summed E-state index contributed by atoms with van der Waals surface area (Å²) in [5, 5.41) is 0. The molecule has 1 heterocycles. The monoisotopic (exact) mass is 277 g/mol. The maximum absolute atomic E-state index is 12.4. The quantitative estimate of drug-likeness (QED) is 0.740. The predicted octanol–water partition coefficient (Wildman–Crippen LogP) is 2.65. The summed E-state index contributed by atoms with van der Waals surface area (Å²) in [4.78, 5) is 25.6. The lowest BCUT2D eigenvalue weighted by Gasteiger charge is -2.27. The van der Waals surface area contributed by atoms with Crippen LogP contribution in [0.25, 0.3) is 0 Å². The molecular formula is C15H19NO4. The van der Waals surface area contributed by atoms with Gasteiger partial charge in [-0.25, -0.2) is 9.59 Å². The molecule has 2 rings (SSSR count). The molecule has 5 heteroatoms. The van der Waals surface area contributed by atoms with Crippen molar-refractivity contribution in [2.24, 2.45) is 0 Å². The lowest BCUT2D eigenvalue weighted by Crippen LogP contribution is -2.37. The Labute approximate surface area is 118 Å². The summed E-state index contributed by atoms with van der Waals surface area (Å²) in [6, 6.07) is 6.73. The number of carbonyl (C=O) groups is 2. The number of ether oxygens (including phenoxy) is 2. The van der Waals surface area contributed by atoms with E-state index in [1.165, 1.54) is 12.0 Å². The average molecular weight is 277 g/mol. The lowest BCUT2D eigenvalue weighted by molar-refractivity contribution is -0.160. The van der Waals surface area contributed by atoms with Crippen molar-refractivity contribution in [3.63, 3.8) is 0 Å². The molecule has 1 aromatic rings. The SMILES string of the molecule is COC(=O)N1Cc2ccccc2[C@@H]1C(=O)OC(C)(C)C. The molecule has 0 unspecified atom stereocenters. The number of benzene rings is 1. The van der Waals surface area contributed by atoms with Crippen LogP contribution in [0.15, 0.2) is 24.3 Å². The number of hydrogen-bond donors (Lipinski definition) is 0. The third-order valence-electron chi connectivity index (χ3n) is 3.04. The Kier molecular flexibility index (Phi) is 3.70. The van der Waals surface area contributed by atoms with E-state index in [-0.39, 0.29) is 0 Å². The molecule has 0 aliphatic carbocycles. The highest BCUT2D eigenvalue weighted by atomic mass is 16.6. The van der Waals surface area contributed by atoms with E-state index < -0.39 is 23.7 Å². The van der Waals surface area contributed by atoms with E-state index in [0.717, 1.165) is 11.1 Å². The first-order valence-corrected chi connectivity index (χ1v) is 6.49. The van der Waals surface area contributed by atoms with E-state index in [2.05, 4.69) is 0 Å². The summed E-state index contributed by atoms with van der Waals surface area (Å²) in [6.45, 7) is 5.75. The number of nitrogens with zero attached hydrogens (tertiary/aromatic N) is 1. The molecule has 1 atom stereocenters. The van der Waals surface area contributed by atoms with E-state index in [1.807, 2.05) is 24.3 Å². The van der Waals surface area contributed by atoms with Gasteiger partial charge in [-0.15, -0.1) is 0 Å². The normalized spacial score (nSPS) is 17.6. The van der Waals surface area contributed by atoms with E-state index in [4.69, 9.17) is 9.47 Å². The fraction of sp³-hybridized carbons (Fsp3) is 0.467.